The first kappa shape index (κ1) is 19.7. The number of esters is 1. The first-order valence-electron chi connectivity index (χ1n) is 8.60. The van der Waals surface area contributed by atoms with E-state index in [1.807, 2.05) is 0 Å². The number of carboxylic acids is 1. The van der Waals surface area contributed by atoms with Gasteiger partial charge in [0.15, 0.2) is 0 Å². The summed E-state index contributed by atoms with van der Waals surface area (Å²) in [6.07, 6.45) is -0.0407. The summed E-state index contributed by atoms with van der Waals surface area (Å²) in [5, 5.41) is 22.4. The molecule has 0 saturated carbocycles. The Morgan fingerprint density at radius 2 is 2.00 bits per heavy atom. The van der Waals surface area contributed by atoms with E-state index in [0.29, 0.717) is 12.0 Å². The number of aliphatic carboxylic acids is 1. The largest absolute Gasteiger partial charge is 0.506 e. The lowest BCUT2D eigenvalue weighted by molar-refractivity contribution is -0.139. The van der Waals surface area contributed by atoms with Crippen molar-refractivity contribution < 1.29 is 29.3 Å². The van der Waals surface area contributed by atoms with Gasteiger partial charge in [-0.2, -0.15) is 0 Å². The minimum Gasteiger partial charge on any atom is -0.506 e. The van der Waals surface area contributed by atoms with Crippen molar-refractivity contribution in [1.82, 2.24) is 5.32 Å². The number of rotatable bonds is 5. The summed E-state index contributed by atoms with van der Waals surface area (Å²) in [6, 6.07) is 8.81. The number of halogens is 1. The Balaban J connectivity index is 1.89. The molecule has 1 heterocycles. The van der Waals surface area contributed by atoms with Crippen LogP contribution in [0.3, 0.4) is 0 Å². The van der Waals surface area contributed by atoms with Crippen molar-refractivity contribution in [1.29, 1.82) is 0 Å². The number of carboxylic acid groups (broad SMARTS) is 1. The Labute approximate surface area is 165 Å². The molecule has 2 atom stereocenters. The first-order chi connectivity index (χ1) is 13.3. The van der Waals surface area contributed by atoms with Crippen molar-refractivity contribution in [3.8, 4) is 5.75 Å². The average Bonchev–Trinajstić information content (AvgIpc) is 2.64. The number of benzene rings is 2. The monoisotopic (exact) mass is 409 g/mol. The van der Waals surface area contributed by atoms with Crippen LogP contribution in [-0.2, 0) is 22.4 Å². The summed E-state index contributed by atoms with van der Waals surface area (Å²) in [5.41, 5.74) is 0.680. The Morgan fingerprint density at radius 1 is 1.32 bits per heavy atom. The van der Waals surface area contributed by atoms with E-state index in [0.717, 1.165) is 5.56 Å². The van der Waals surface area contributed by atoms with E-state index in [-0.39, 0.29) is 22.6 Å². The van der Waals surface area contributed by atoms with Gasteiger partial charge in [0, 0.05) is 17.9 Å². The maximum absolute atomic E-state index is 12.6. The number of carbonyl (C=O) groups is 3. The molecule has 3 N–H and O–H groups in total. The summed E-state index contributed by atoms with van der Waals surface area (Å²) in [5.74, 6) is -3.43. The number of phenols is 1. The third-order valence-electron chi connectivity index (χ3n) is 4.49. The van der Waals surface area contributed by atoms with E-state index in [2.05, 4.69) is 5.32 Å². The van der Waals surface area contributed by atoms with Crippen molar-refractivity contribution in [3.05, 3.63) is 63.7 Å². The number of nitrogens with one attached hydrogen (secondary N) is 1. The molecule has 0 aromatic heterocycles. The van der Waals surface area contributed by atoms with Crippen LogP contribution in [0.4, 0.5) is 0 Å². The summed E-state index contributed by atoms with van der Waals surface area (Å²) < 4.78 is 5.10. The van der Waals surface area contributed by atoms with Crippen LogP contribution in [0.15, 0.2) is 36.4 Å². The molecule has 0 unspecified atom stereocenters. The van der Waals surface area contributed by atoms with Crippen LogP contribution in [0.25, 0.3) is 0 Å². The standard InChI is InChI=1S/C20H18ClNO6/c1-10-7-12-14(21)9-13(17(23)16(12)20(27)28-10)18(24)22-15(19(25)26)8-11-5-3-2-4-6-11/h2-6,9-10,15,23H,7-8H2,1H3,(H,22,24)(H,25,26)/t10-,15+/m1/s1/i2+1,3+1,4+1,5+1,6+1,11+1. The normalized spacial score (nSPS) is 16.6. The van der Waals surface area contributed by atoms with E-state index in [1.54, 1.807) is 37.3 Å². The number of fused-ring (bicyclic) bond motifs is 1. The molecular formula is C20H18ClNO6. The molecule has 1 aliphatic rings. The van der Waals surface area contributed by atoms with Gasteiger partial charge in [0.05, 0.1) is 5.56 Å². The maximum Gasteiger partial charge on any atom is 0.342 e. The number of cyclic esters (lactones) is 1. The molecule has 0 bridgehead atoms. The number of carbonyl (C=O) groups excluding carboxylic acids is 2. The average molecular weight is 410 g/mol. The highest BCUT2D eigenvalue weighted by Gasteiger charge is 2.33. The van der Waals surface area contributed by atoms with Gasteiger partial charge >= 0.3 is 11.9 Å². The van der Waals surface area contributed by atoms with Gasteiger partial charge in [-0.3, -0.25) is 4.79 Å². The highest BCUT2D eigenvalue weighted by Crippen LogP contribution is 2.36. The molecule has 3 rings (SSSR count). The molecule has 2 aromatic carbocycles. The summed E-state index contributed by atoms with van der Waals surface area (Å²) in [4.78, 5) is 36.3. The highest BCUT2D eigenvalue weighted by atomic mass is 35.5. The number of ether oxygens (including phenoxy) is 1. The maximum atomic E-state index is 12.6. The molecule has 8 heteroatoms. The minimum absolute atomic E-state index is 0.0565. The Kier molecular flexibility index (Phi) is 5.56. The lowest BCUT2D eigenvalue weighted by atomic mass is 9.95. The number of hydrogen-bond acceptors (Lipinski definition) is 5. The molecule has 0 spiro atoms. The van der Waals surface area contributed by atoms with Gasteiger partial charge in [0.1, 0.15) is 23.5 Å². The lowest BCUT2D eigenvalue weighted by Crippen LogP contribution is -2.42. The van der Waals surface area contributed by atoms with Gasteiger partial charge < -0.3 is 20.3 Å². The van der Waals surface area contributed by atoms with Gasteiger partial charge in [0.25, 0.3) is 5.91 Å². The molecule has 28 heavy (non-hydrogen) atoms. The second-order valence-electron chi connectivity index (χ2n) is 6.58. The van der Waals surface area contributed by atoms with Crippen LogP contribution in [0.2, 0.25) is 5.02 Å². The zero-order chi connectivity index (χ0) is 20.4. The van der Waals surface area contributed by atoms with Gasteiger partial charge in [-0.15, -0.1) is 0 Å². The highest BCUT2D eigenvalue weighted by molar-refractivity contribution is 6.32. The minimum atomic E-state index is -1.23. The molecule has 0 radical (unpaired) electrons. The third-order valence-corrected chi connectivity index (χ3v) is 4.82. The lowest BCUT2D eigenvalue weighted by Gasteiger charge is -2.24. The van der Waals surface area contributed by atoms with Gasteiger partial charge in [-0.1, -0.05) is 41.9 Å². The van der Waals surface area contributed by atoms with Gasteiger partial charge in [-0.25, -0.2) is 9.59 Å². The number of amides is 1. The predicted molar refractivity (Wildman–Crippen MR) is 101 cm³/mol. The molecule has 146 valence electrons. The molecule has 0 saturated heterocycles. The molecule has 0 fully saturated rings. The van der Waals surface area contributed by atoms with Crippen molar-refractivity contribution in [2.45, 2.75) is 31.9 Å². The Morgan fingerprint density at radius 3 is 2.64 bits per heavy atom. The second-order valence-corrected chi connectivity index (χ2v) is 6.99. The van der Waals surface area contributed by atoms with Crippen LogP contribution in [0, 0.1) is 0 Å². The molecule has 1 amide bonds. The fourth-order valence-corrected chi connectivity index (χ4v) is 3.41. The van der Waals surface area contributed by atoms with Crippen LogP contribution in [0.1, 0.15) is 38.8 Å². The van der Waals surface area contributed by atoms with Gasteiger partial charge in [-0.05, 0) is 24.1 Å². The van der Waals surface area contributed by atoms with Crippen molar-refractivity contribution in [2.24, 2.45) is 0 Å². The topological polar surface area (TPSA) is 113 Å². The number of aromatic hydroxyl groups is 1. The third kappa shape index (κ3) is 3.94. The van der Waals surface area contributed by atoms with E-state index in [9.17, 15) is 24.6 Å². The molecule has 1 aliphatic heterocycles. The fourth-order valence-electron chi connectivity index (χ4n) is 3.13. The molecular weight excluding hydrogens is 392 g/mol. The Bertz CT molecular complexity index is 943. The summed E-state index contributed by atoms with van der Waals surface area (Å²) in [6.45, 7) is 1.69. The van der Waals surface area contributed by atoms with Crippen molar-refractivity contribution in [3.63, 3.8) is 0 Å². The molecule has 7 nitrogen and oxygen atoms in total. The van der Waals surface area contributed by atoms with E-state index in [1.165, 1.54) is 6.07 Å². The summed E-state index contributed by atoms with van der Waals surface area (Å²) in [7, 11) is 0. The number of phenolic OH excluding ortho intramolecular Hbond substituents is 1. The van der Waals surface area contributed by atoms with Crippen LogP contribution in [0.5, 0.6) is 5.75 Å². The zero-order valence-corrected chi connectivity index (χ0v) is 15.7. The van der Waals surface area contributed by atoms with E-state index < -0.39 is 35.7 Å². The van der Waals surface area contributed by atoms with Crippen LogP contribution in [-0.4, -0.2) is 40.2 Å². The van der Waals surface area contributed by atoms with E-state index in [4.69, 9.17) is 16.3 Å². The number of hydrogen-bond donors (Lipinski definition) is 3. The first-order valence-corrected chi connectivity index (χ1v) is 8.98. The van der Waals surface area contributed by atoms with Crippen molar-refractivity contribution in [2.75, 3.05) is 0 Å². The van der Waals surface area contributed by atoms with Crippen LogP contribution >= 0.6 is 11.6 Å². The quantitative estimate of drug-likeness (QED) is 0.654. The predicted octanol–water partition coefficient (Wildman–Crippen LogP) is 2.57. The SMILES string of the molecule is C[C@@H]1Cc2c(Cl)cc(C(=O)N[C@@H](C[13c]3[13cH][13cH][13cH][13cH][13cH]3)C(=O)O)c(O)c2C(=O)O1. The summed E-state index contributed by atoms with van der Waals surface area (Å²) >= 11 is 6.21. The molecule has 0 aliphatic carbocycles. The van der Waals surface area contributed by atoms with Crippen molar-refractivity contribution >= 4 is 29.4 Å². The second kappa shape index (κ2) is 7.90. The molecule has 2 aromatic rings. The fraction of sp³-hybridized carbons (Fsp3) is 0.250. The van der Waals surface area contributed by atoms with Gasteiger partial charge in [0.2, 0.25) is 0 Å². The smallest absolute Gasteiger partial charge is 0.342 e. The van der Waals surface area contributed by atoms with Crippen LogP contribution < -0.4 is 5.32 Å². The Hall–Kier alpha value is -3.06. The van der Waals surface area contributed by atoms with E-state index >= 15 is 0 Å². The zero-order valence-electron chi connectivity index (χ0n) is 14.9.